The van der Waals surface area contributed by atoms with Crippen molar-refractivity contribution in [2.24, 2.45) is 11.0 Å². The molecule has 0 spiro atoms. The van der Waals surface area contributed by atoms with Crippen LogP contribution in [0.4, 0.5) is 0 Å². The molecule has 0 radical (unpaired) electrons. The van der Waals surface area contributed by atoms with E-state index in [0.29, 0.717) is 25.9 Å². The van der Waals surface area contributed by atoms with Crippen LogP contribution in [0.2, 0.25) is 0 Å². The number of benzene rings is 2. The SMILES string of the molecule is CC(=NNC(=O)C1CCN(S(=O)(=O)c2ccccc2)CC1)c1ccccc1. The molecule has 27 heavy (non-hydrogen) atoms. The third-order valence-electron chi connectivity index (χ3n) is 4.73. The Morgan fingerprint density at radius 2 is 1.56 bits per heavy atom. The summed E-state index contributed by atoms with van der Waals surface area (Å²) in [6.07, 6.45) is 0.968. The van der Waals surface area contributed by atoms with Crippen molar-refractivity contribution >= 4 is 21.6 Å². The van der Waals surface area contributed by atoms with Gasteiger partial charge in [0.1, 0.15) is 0 Å². The summed E-state index contributed by atoms with van der Waals surface area (Å²) in [5.41, 5.74) is 4.29. The molecule has 1 amide bonds. The third kappa shape index (κ3) is 4.61. The smallest absolute Gasteiger partial charge is 0.243 e. The van der Waals surface area contributed by atoms with E-state index in [1.165, 1.54) is 4.31 Å². The van der Waals surface area contributed by atoms with Crippen LogP contribution in [0.5, 0.6) is 0 Å². The summed E-state index contributed by atoms with van der Waals surface area (Å²) in [6, 6.07) is 18.0. The fourth-order valence-electron chi connectivity index (χ4n) is 3.07. The van der Waals surface area contributed by atoms with E-state index in [1.807, 2.05) is 37.3 Å². The summed E-state index contributed by atoms with van der Waals surface area (Å²) in [7, 11) is -3.50. The number of hydrazone groups is 1. The summed E-state index contributed by atoms with van der Waals surface area (Å²) in [4.78, 5) is 12.7. The van der Waals surface area contributed by atoms with Gasteiger partial charge in [-0.2, -0.15) is 9.41 Å². The highest BCUT2D eigenvalue weighted by atomic mass is 32.2. The van der Waals surface area contributed by atoms with Gasteiger partial charge in [-0.25, -0.2) is 13.8 Å². The van der Waals surface area contributed by atoms with Gasteiger partial charge in [-0.3, -0.25) is 4.79 Å². The van der Waals surface area contributed by atoms with Crippen LogP contribution in [0.15, 0.2) is 70.7 Å². The first kappa shape index (κ1) is 19.3. The second kappa shape index (κ2) is 8.45. The predicted molar refractivity (Wildman–Crippen MR) is 105 cm³/mol. The Labute approximate surface area is 159 Å². The number of piperidine rings is 1. The van der Waals surface area contributed by atoms with Crippen LogP contribution in [0.25, 0.3) is 0 Å². The molecule has 0 saturated carbocycles. The fourth-order valence-corrected chi connectivity index (χ4v) is 4.56. The molecule has 0 atom stereocenters. The summed E-state index contributed by atoms with van der Waals surface area (Å²) < 4.78 is 26.7. The minimum Gasteiger partial charge on any atom is -0.273 e. The van der Waals surface area contributed by atoms with Crippen molar-refractivity contribution in [3.8, 4) is 0 Å². The molecule has 0 bridgehead atoms. The van der Waals surface area contributed by atoms with Crippen LogP contribution < -0.4 is 5.43 Å². The third-order valence-corrected chi connectivity index (χ3v) is 6.64. The van der Waals surface area contributed by atoms with Crippen molar-refractivity contribution in [2.45, 2.75) is 24.7 Å². The summed E-state index contributed by atoms with van der Waals surface area (Å²) >= 11 is 0. The Hall–Kier alpha value is -2.51. The van der Waals surface area contributed by atoms with E-state index in [4.69, 9.17) is 0 Å². The lowest BCUT2D eigenvalue weighted by molar-refractivity contribution is -0.126. The summed E-state index contributed by atoms with van der Waals surface area (Å²) in [5.74, 6) is -0.401. The lowest BCUT2D eigenvalue weighted by atomic mass is 9.98. The molecule has 7 heteroatoms. The fraction of sp³-hybridized carbons (Fsp3) is 0.300. The van der Waals surface area contributed by atoms with E-state index in [-0.39, 0.29) is 16.7 Å². The van der Waals surface area contributed by atoms with Crippen LogP contribution >= 0.6 is 0 Å². The Balaban J connectivity index is 1.57. The average Bonchev–Trinajstić information content (AvgIpc) is 2.73. The Kier molecular flexibility index (Phi) is 6.03. The van der Waals surface area contributed by atoms with Crippen LogP contribution in [-0.4, -0.2) is 37.4 Å². The van der Waals surface area contributed by atoms with Crippen molar-refractivity contribution in [1.82, 2.24) is 9.73 Å². The van der Waals surface area contributed by atoms with E-state index < -0.39 is 10.0 Å². The van der Waals surface area contributed by atoms with Crippen molar-refractivity contribution < 1.29 is 13.2 Å². The number of hydrogen-bond acceptors (Lipinski definition) is 4. The highest BCUT2D eigenvalue weighted by Gasteiger charge is 2.31. The second-order valence-corrected chi connectivity index (χ2v) is 8.47. The van der Waals surface area contributed by atoms with Gasteiger partial charge in [0.15, 0.2) is 0 Å². The van der Waals surface area contributed by atoms with Crippen LogP contribution in [0, 0.1) is 5.92 Å². The number of nitrogens with zero attached hydrogens (tertiary/aromatic N) is 2. The Morgan fingerprint density at radius 3 is 2.15 bits per heavy atom. The summed E-state index contributed by atoms with van der Waals surface area (Å²) in [5, 5.41) is 4.17. The Morgan fingerprint density at radius 1 is 1.00 bits per heavy atom. The molecule has 1 N–H and O–H groups in total. The molecule has 1 aliphatic rings. The van der Waals surface area contributed by atoms with E-state index in [0.717, 1.165) is 11.3 Å². The van der Waals surface area contributed by atoms with Gasteiger partial charge in [0.2, 0.25) is 15.9 Å². The van der Waals surface area contributed by atoms with Crippen LogP contribution in [0.1, 0.15) is 25.3 Å². The van der Waals surface area contributed by atoms with Crippen molar-refractivity contribution in [3.63, 3.8) is 0 Å². The molecule has 0 aliphatic carbocycles. The van der Waals surface area contributed by atoms with Gasteiger partial charge in [0.25, 0.3) is 0 Å². The lowest BCUT2D eigenvalue weighted by Crippen LogP contribution is -2.42. The van der Waals surface area contributed by atoms with Crippen molar-refractivity contribution in [3.05, 3.63) is 66.2 Å². The van der Waals surface area contributed by atoms with E-state index in [2.05, 4.69) is 10.5 Å². The quantitative estimate of drug-likeness (QED) is 0.635. The number of carbonyl (C=O) groups excluding carboxylic acids is 1. The molecule has 1 fully saturated rings. The zero-order valence-corrected chi connectivity index (χ0v) is 16.0. The number of carbonyl (C=O) groups is 1. The predicted octanol–water partition coefficient (Wildman–Crippen LogP) is 2.63. The molecule has 6 nitrogen and oxygen atoms in total. The maximum atomic E-state index is 12.6. The molecule has 1 heterocycles. The normalized spacial score (nSPS) is 16.9. The zero-order chi connectivity index (χ0) is 19.3. The minimum absolute atomic E-state index is 0.165. The molecule has 2 aromatic rings. The first-order valence-corrected chi connectivity index (χ1v) is 10.4. The van der Waals surface area contributed by atoms with E-state index in [9.17, 15) is 13.2 Å². The monoisotopic (exact) mass is 385 g/mol. The Bertz CT molecular complexity index is 904. The van der Waals surface area contributed by atoms with Crippen LogP contribution in [0.3, 0.4) is 0 Å². The van der Waals surface area contributed by atoms with Gasteiger partial charge in [-0.15, -0.1) is 0 Å². The number of rotatable bonds is 5. The average molecular weight is 385 g/mol. The second-order valence-electron chi connectivity index (χ2n) is 6.53. The minimum atomic E-state index is -3.50. The van der Waals surface area contributed by atoms with Crippen molar-refractivity contribution in [2.75, 3.05) is 13.1 Å². The van der Waals surface area contributed by atoms with Gasteiger partial charge < -0.3 is 0 Å². The van der Waals surface area contributed by atoms with Gasteiger partial charge in [-0.05, 0) is 37.5 Å². The van der Waals surface area contributed by atoms with Gasteiger partial charge >= 0.3 is 0 Å². The van der Waals surface area contributed by atoms with Gasteiger partial charge in [0.05, 0.1) is 10.6 Å². The molecule has 142 valence electrons. The molecular weight excluding hydrogens is 362 g/mol. The maximum absolute atomic E-state index is 12.6. The summed E-state index contributed by atoms with van der Waals surface area (Å²) in [6.45, 7) is 2.50. The lowest BCUT2D eigenvalue weighted by Gasteiger charge is -2.30. The number of hydrogen-bond donors (Lipinski definition) is 1. The molecule has 1 saturated heterocycles. The molecule has 3 rings (SSSR count). The van der Waals surface area contributed by atoms with E-state index in [1.54, 1.807) is 30.3 Å². The van der Waals surface area contributed by atoms with E-state index >= 15 is 0 Å². The molecule has 2 aromatic carbocycles. The zero-order valence-electron chi connectivity index (χ0n) is 15.2. The van der Waals surface area contributed by atoms with Gasteiger partial charge in [-0.1, -0.05) is 48.5 Å². The molecule has 0 unspecified atom stereocenters. The molecule has 1 aliphatic heterocycles. The topological polar surface area (TPSA) is 78.8 Å². The van der Waals surface area contributed by atoms with Crippen molar-refractivity contribution in [1.29, 1.82) is 0 Å². The number of nitrogens with one attached hydrogen (secondary N) is 1. The number of amides is 1. The molecule has 0 aromatic heterocycles. The highest BCUT2D eigenvalue weighted by Crippen LogP contribution is 2.23. The maximum Gasteiger partial charge on any atom is 0.243 e. The molecular formula is C20H23N3O3S. The standard InChI is InChI=1S/C20H23N3O3S/c1-16(17-8-4-2-5-9-17)21-22-20(24)18-12-14-23(15-13-18)27(25,26)19-10-6-3-7-11-19/h2-11,18H,12-15H2,1H3,(H,22,24). The number of sulfonamides is 1. The first-order chi connectivity index (χ1) is 13.0. The highest BCUT2D eigenvalue weighted by molar-refractivity contribution is 7.89. The van der Waals surface area contributed by atoms with Crippen LogP contribution in [-0.2, 0) is 14.8 Å². The first-order valence-electron chi connectivity index (χ1n) is 8.93. The van der Waals surface area contributed by atoms with Gasteiger partial charge in [0, 0.05) is 19.0 Å². The largest absolute Gasteiger partial charge is 0.273 e.